The van der Waals surface area contributed by atoms with Crippen LogP contribution in [0.15, 0.2) is 0 Å². The number of rotatable bonds is 2. The van der Waals surface area contributed by atoms with Gasteiger partial charge in [0, 0.05) is 25.2 Å². The van der Waals surface area contributed by atoms with Gasteiger partial charge in [-0.1, -0.05) is 6.42 Å². The quantitative estimate of drug-likeness (QED) is 0.599. The molecule has 0 atom stereocenters. The third-order valence-electron chi connectivity index (χ3n) is 2.64. The zero-order valence-electron chi connectivity index (χ0n) is 6.64. The second-order valence-corrected chi connectivity index (χ2v) is 3.71. The third kappa shape index (κ3) is 1.18. The van der Waals surface area contributed by atoms with Gasteiger partial charge in [0.15, 0.2) is 0 Å². The van der Waals surface area contributed by atoms with Crippen molar-refractivity contribution in [2.24, 2.45) is 0 Å². The molecule has 1 aliphatic carbocycles. The van der Waals surface area contributed by atoms with Crippen molar-refractivity contribution in [2.45, 2.75) is 31.3 Å². The Morgan fingerprint density at radius 3 is 2.30 bits per heavy atom. The fourth-order valence-corrected chi connectivity index (χ4v) is 1.71. The fourth-order valence-electron chi connectivity index (χ4n) is 1.71. The SMILES string of the molecule is CN1CC(NC2CCC2)C1. The van der Waals surface area contributed by atoms with Crippen molar-refractivity contribution in [3.05, 3.63) is 0 Å². The lowest BCUT2D eigenvalue weighted by Gasteiger charge is -2.41. The number of likely N-dealkylation sites (tertiary alicyclic amines) is 1. The summed E-state index contributed by atoms with van der Waals surface area (Å²) in [6, 6.07) is 1.69. The second-order valence-electron chi connectivity index (χ2n) is 3.71. The lowest BCUT2D eigenvalue weighted by molar-refractivity contribution is 0.135. The molecule has 0 amide bonds. The van der Waals surface area contributed by atoms with Crippen molar-refractivity contribution >= 4 is 0 Å². The first-order chi connectivity index (χ1) is 4.84. The van der Waals surface area contributed by atoms with Crippen LogP contribution in [0.4, 0.5) is 0 Å². The van der Waals surface area contributed by atoms with E-state index in [1.54, 1.807) is 0 Å². The molecule has 0 aromatic carbocycles. The van der Waals surface area contributed by atoms with Crippen molar-refractivity contribution in [3.8, 4) is 0 Å². The first kappa shape index (κ1) is 6.62. The number of nitrogens with zero attached hydrogens (tertiary/aromatic N) is 1. The minimum atomic E-state index is 0.815. The van der Waals surface area contributed by atoms with E-state index >= 15 is 0 Å². The molecule has 1 aliphatic heterocycles. The highest BCUT2D eigenvalue weighted by Crippen LogP contribution is 2.20. The first-order valence-corrected chi connectivity index (χ1v) is 4.29. The fraction of sp³-hybridized carbons (Fsp3) is 1.00. The van der Waals surface area contributed by atoms with E-state index < -0.39 is 0 Å². The van der Waals surface area contributed by atoms with Gasteiger partial charge in [-0.15, -0.1) is 0 Å². The van der Waals surface area contributed by atoms with E-state index in [1.807, 2.05) is 0 Å². The molecule has 2 nitrogen and oxygen atoms in total. The molecule has 0 spiro atoms. The van der Waals surface area contributed by atoms with Crippen LogP contribution in [-0.2, 0) is 0 Å². The molecule has 1 saturated carbocycles. The summed E-state index contributed by atoms with van der Waals surface area (Å²) in [7, 11) is 2.18. The Morgan fingerprint density at radius 2 is 1.90 bits per heavy atom. The number of hydrogen-bond acceptors (Lipinski definition) is 2. The van der Waals surface area contributed by atoms with Gasteiger partial charge in [-0.3, -0.25) is 0 Å². The molecule has 2 rings (SSSR count). The van der Waals surface area contributed by atoms with Gasteiger partial charge in [-0.2, -0.15) is 0 Å². The Kier molecular flexibility index (Phi) is 1.66. The Labute approximate surface area is 62.6 Å². The summed E-state index contributed by atoms with van der Waals surface area (Å²) in [6.45, 7) is 2.52. The molecule has 2 fully saturated rings. The van der Waals surface area contributed by atoms with Gasteiger partial charge in [0.1, 0.15) is 0 Å². The Hall–Kier alpha value is -0.0800. The van der Waals surface area contributed by atoms with E-state index in [2.05, 4.69) is 17.3 Å². The number of likely N-dealkylation sites (N-methyl/N-ethyl adjacent to an activating group) is 1. The third-order valence-corrected chi connectivity index (χ3v) is 2.64. The van der Waals surface area contributed by atoms with Crippen LogP contribution < -0.4 is 5.32 Å². The molecule has 0 radical (unpaired) electrons. The van der Waals surface area contributed by atoms with E-state index in [4.69, 9.17) is 0 Å². The molecule has 2 heteroatoms. The molecule has 0 aromatic rings. The molecular weight excluding hydrogens is 124 g/mol. The van der Waals surface area contributed by atoms with Crippen LogP contribution in [0.2, 0.25) is 0 Å². The summed E-state index contributed by atoms with van der Waals surface area (Å²) in [5, 5.41) is 3.64. The number of hydrogen-bond donors (Lipinski definition) is 1. The van der Waals surface area contributed by atoms with Crippen molar-refractivity contribution in [1.82, 2.24) is 10.2 Å². The van der Waals surface area contributed by atoms with Crippen molar-refractivity contribution in [1.29, 1.82) is 0 Å². The van der Waals surface area contributed by atoms with Gasteiger partial charge in [0.2, 0.25) is 0 Å². The smallest absolute Gasteiger partial charge is 0.0324 e. The monoisotopic (exact) mass is 140 g/mol. The molecule has 0 bridgehead atoms. The second kappa shape index (κ2) is 2.51. The van der Waals surface area contributed by atoms with Crippen LogP contribution in [0.3, 0.4) is 0 Å². The first-order valence-electron chi connectivity index (χ1n) is 4.29. The molecular formula is C8H16N2. The van der Waals surface area contributed by atoms with Gasteiger partial charge in [0.05, 0.1) is 0 Å². The average molecular weight is 140 g/mol. The van der Waals surface area contributed by atoms with Gasteiger partial charge >= 0.3 is 0 Å². The van der Waals surface area contributed by atoms with Crippen LogP contribution in [0.1, 0.15) is 19.3 Å². The van der Waals surface area contributed by atoms with Gasteiger partial charge in [0.25, 0.3) is 0 Å². The molecule has 0 unspecified atom stereocenters. The van der Waals surface area contributed by atoms with Crippen molar-refractivity contribution in [2.75, 3.05) is 20.1 Å². The van der Waals surface area contributed by atoms with Gasteiger partial charge in [-0.25, -0.2) is 0 Å². The molecule has 1 saturated heterocycles. The van der Waals surface area contributed by atoms with E-state index in [9.17, 15) is 0 Å². The van der Waals surface area contributed by atoms with Crippen molar-refractivity contribution in [3.63, 3.8) is 0 Å². The highest BCUT2D eigenvalue weighted by molar-refractivity contribution is 4.88. The van der Waals surface area contributed by atoms with Crippen LogP contribution in [-0.4, -0.2) is 37.1 Å². The lowest BCUT2D eigenvalue weighted by Crippen LogP contribution is -2.59. The van der Waals surface area contributed by atoms with E-state index in [0.717, 1.165) is 12.1 Å². The Balaban J connectivity index is 1.62. The van der Waals surface area contributed by atoms with Crippen LogP contribution in [0.5, 0.6) is 0 Å². The highest BCUT2D eigenvalue weighted by Gasteiger charge is 2.27. The molecule has 2 aliphatic rings. The Bertz CT molecular complexity index is 114. The molecule has 58 valence electrons. The molecule has 1 heterocycles. The largest absolute Gasteiger partial charge is 0.309 e. The minimum absolute atomic E-state index is 0.815. The summed E-state index contributed by atoms with van der Waals surface area (Å²) < 4.78 is 0. The van der Waals surface area contributed by atoms with E-state index in [-0.39, 0.29) is 0 Å². The summed E-state index contributed by atoms with van der Waals surface area (Å²) in [4.78, 5) is 2.36. The van der Waals surface area contributed by atoms with E-state index in [1.165, 1.54) is 32.4 Å². The normalized spacial score (nSPS) is 29.7. The standard InChI is InChI=1S/C8H16N2/c1-10-5-8(6-10)9-7-3-2-4-7/h7-9H,2-6H2,1H3. The maximum atomic E-state index is 3.64. The maximum absolute atomic E-state index is 3.64. The summed E-state index contributed by atoms with van der Waals surface area (Å²) in [5.74, 6) is 0. The topological polar surface area (TPSA) is 15.3 Å². The summed E-state index contributed by atoms with van der Waals surface area (Å²) in [5.41, 5.74) is 0. The molecule has 0 aromatic heterocycles. The molecule has 1 N–H and O–H groups in total. The van der Waals surface area contributed by atoms with Gasteiger partial charge < -0.3 is 10.2 Å². The average Bonchev–Trinajstić information content (AvgIpc) is 1.72. The predicted molar refractivity (Wildman–Crippen MR) is 42.1 cm³/mol. The van der Waals surface area contributed by atoms with Crippen LogP contribution >= 0.6 is 0 Å². The van der Waals surface area contributed by atoms with Crippen molar-refractivity contribution < 1.29 is 0 Å². The van der Waals surface area contributed by atoms with E-state index in [0.29, 0.717) is 0 Å². The zero-order chi connectivity index (χ0) is 6.97. The maximum Gasteiger partial charge on any atom is 0.0324 e. The highest BCUT2D eigenvalue weighted by atomic mass is 15.2. The van der Waals surface area contributed by atoms with Crippen LogP contribution in [0.25, 0.3) is 0 Å². The van der Waals surface area contributed by atoms with Gasteiger partial charge in [-0.05, 0) is 19.9 Å². The minimum Gasteiger partial charge on any atom is -0.309 e. The zero-order valence-corrected chi connectivity index (χ0v) is 6.64. The number of nitrogens with one attached hydrogen (secondary N) is 1. The summed E-state index contributed by atoms with van der Waals surface area (Å²) >= 11 is 0. The van der Waals surface area contributed by atoms with Crippen LogP contribution in [0, 0.1) is 0 Å². The lowest BCUT2D eigenvalue weighted by atomic mass is 9.91. The summed E-state index contributed by atoms with van der Waals surface area (Å²) in [6.07, 6.45) is 4.28. The Morgan fingerprint density at radius 1 is 1.20 bits per heavy atom. The predicted octanol–water partition coefficient (Wildman–Crippen LogP) is 0.442. The molecule has 10 heavy (non-hydrogen) atoms.